The van der Waals surface area contributed by atoms with Crippen LogP contribution in [-0.4, -0.2) is 15.0 Å². The van der Waals surface area contributed by atoms with Gasteiger partial charge in [0.1, 0.15) is 17.2 Å². The molecule has 0 unspecified atom stereocenters. The Morgan fingerprint density at radius 1 is 1.31 bits per heavy atom. The molecule has 0 atom stereocenters. The van der Waals surface area contributed by atoms with Gasteiger partial charge in [-0.1, -0.05) is 0 Å². The second-order valence-corrected chi connectivity index (χ2v) is 2.90. The van der Waals surface area contributed by atoms with Crippen molar-refractivity contribution in [2.24, 2.45) is 0 Å². The lowest BCUT2D eigenvalue weighted by molar-refractivity contribution is 1.08. The second kappa shape index (κ2) is 2.65. The Morgan fingerprint density at radius 2 is 2.08 bits per heavy atom. The molecule has 66 valence electrons. The minimum atomic E-state index is 0.331. The lowest BCUT2D eigenvalue weighted by Gasteiger charge is -2.01. The molecule has 2 heterocycles. The molecule has 0 saturated carbocycles. The summed E-state index contributed by atoms with van der Waals surface area (Å²) < 4.78 is 7.82. The number of hydrogen-bond donors (Lipinski definition) is 1. The summed E-state index contributed by atoms with van der Waals surface area (Å²) in [5.74, 6) is 1.01. The molecule has 13 heavy (non-hydrogen) atoms. The normalized spacial score (nSPS) is 11.7. The van der Waals surface area contributed by atoms with Crippen LogP contribution in [0.25, 0.3) is 11.0 Å². The molecule has 2 aromatic rings. The topological polar surface area (TPSA) is 64.7 Å². The molecular formula is C9H10N4. The summed E-state index contributed by atoms with van der Waals surface area (Å²) >= 11 is 0. The molecule has 0 aliphatic rings. The second-order valence-electron chi connectivity index (χ2n) is 2.90. The van der Waals surface area contributed by atoms with Crippen LogP contribution in [0.4, 0.5) is 5.82 Å². The maximum absolute atomic E-state index is 7.82. The Morgan fingerprint density at radius 3 is 2.85 bits per heavy atom. The van der Waals surface area contributed by atoms with Crippen molar-refractivity contribution < 1.29 is 1.37 Å². The number of anilines is 1. The van der Waals surface area contributed by atoms with Crippen LogP contribution in [0.5, 0.6) is 0 Å². The highest BCUT2D eigenvalue weighted by molar-refractivity contribution is 5.76. The van der Waals surface area contributed by atoms with E-state index >= 15 is 0 Å². The van der Waals surface area contributed by atoms with E-state index in [0.717, 1.165) is 0 Å². The number of aryl methyl sites for hydroxylation is 1. The van der Waals surface area contributed by atoms with Gasteiger partial charge in [0.05, 0.1) is 13.1 Å². The van der Waals surface area contributed by atoms with E-state index in [2.05, 4.69) is 15.0 Å². The molecule has 0 fully saturated rings. The highest BCUT2D eigenvalue weighted by atomic mass is 14.9. The van der Waals surface area contributed by atoms with Crippen molar-refractivity contribution in [1.82, 2.24) is 15.0 Å². The first-order chi connectivity index (χ1) is 6.59. The fourth-order valence-electron chi connectivity index (χ4n) is 1.09. The van der Waals surface area contributed by atoms with Crippen molar-refractivity contribution in [2.45, 2.75) is 13.8 Å². The van der Waals surface area contributed by atoms with Crippen molar-refractivity contribution in [1.29, 1.82) is 0 Å². The zero-order chi connectivity index (χ0) is 10.3. The molecule has 2 rings (SSSR count). The van der Waals surface area contributed by atoms with Gasteiger partial charge in [-0.15, -0.1) is 0 Å². The quantitative estimate of drug-likeness (QED) is 0.655. The lowest BCUT2D eigenvalue weighted by Crippen LogP contribution is -1.97. The first-order valence-corrected chi connectivity index (χ1v) is 3.95. The van der Waals surface area contributed by atoms with Gasteiger partial charge < -0.3 is 5.73 Å². The molecule has 0 aliphatic heterocycles. The minimum absolute atomic E-state index is 0.331. The van der Waals surface area contributed by atoms with Crippen molar-refractivity contribution in [3.63, 3.8) is 0 Å². The molecule has 0 radical (unpaired) electrons. The molecule has 0 spiro atoms. The molecule has 4 heteroatoms. The van der Waals surface area contributed by atoms with Crippen molar-refractivity contribution in [3.05, 3.63) is 23.6 Å². The molecule has 2 aromatic heterocycles. The number of nitrogens with zero attached hydrogens (tertiary/aromatic N) is 3. The van der Waals surface area contributed by atoms with E-state index in [4.69, 9.17) is 7.10 Å². The van der Waals surface area contributed by atoms with Gasteiger partial charge in [-0.05, 0) is 25.5 Å². The Bertz CT molecular complexity index is 510. The maximum Gasteiger partial charge on any atom is 0.127 e. The smallest absolute Gasteiger partial charge is 0.127 e. The van der Waals surface area contributed by atoms with Crippen LogP contribution in [0, 0.1) is 13.8 Å². The first-order valence-electron chi connectivity index (χ1n) is 4.45. The molecule has 0 bridgehead atoms. The summed E-state index contributed by atoms with van der Waals surface area (Å²) in [4.78, 5) is 12.3. The van der Waals surface area contributed by atoms with Gasteiger partial charge in [0, 0.05) is 0 Å². The van der Waals surface area contributed by atoms with Crippen molar-refractivity contribution >= 4 is 16.9 Å². The molecular weight excluding hydrogens is 164 g/mol. The van der Waals surface area contributed by atoms with E-state index in [9.17, 15) is 0 Å². The Balaban J connectivity index is 2.92. The van der Waals surface area contributed by atoms with Crippen LogP contribution in [0.3, 0.4) is 0 Å². The van der Waals surface area contributed by atoms with Crippen molar-refractivity contribution in [3.8, 4) is 0 Å². The van der Waals surface area contributed by atoms with E-state index in [-0.39, 0.29) is 0 Å². The van der Waals surface area contributed by atoms with Gasteiger partial charge in [0.15, 0.2) is 0 Å². The molecule has 0 aromatic carbocycles. The zero-order valence-corrected chi connectivity index (χ0v) is 7.50. The Kier molecular flexibility index (Phi) is 1.38. The third kappa shape index (κ3) is 1.30. The zero-order valence-electron chi connectivity index (χ0n) is 8.50. The first kappa shape index (κ1) is 6.77. The van der Waals surface area contributed by atoms with Gasteiger partial charge in [-0.3, -0.25) is 0 Å². The number of hydrogen-bond acceptors (Lipinski definition) is 4. The van der Waals surface area contributed by atoms with E-state index in [1.165, 1.54) is 0 Å². The van der Waals surface area contributed by atoms with Crippen LogP contribution in [0.2, 0.25) is 0 Å². The molecule has 0 saturated heterocycles. The van der Waals surface area contributed by atoms with E-state index < -0.39 is 0 Å². The van der Waals surface area contributed by atoms with Crippen LogP contribution < -0.4 is 5.73 Å². The average Bonchev–Trinajstić information content (AvgIpc) is 2.16. The van der Waals surface area contributed by atoms with Gasteiger partial charge in [0.2, 0.25) is 0 Å². The third-order valence-electron chi connectivity index (χ3n) is 1.82. The summed E-state index contributed by atoms with van der Waals surface area (Å²) in [5.41, 5.74) is 7.43. The predicted molar refractivity (Wildman–Crippen MR) is 51.2 cm³/mol. The standard InChI is InChI=1S/C9H10N4/c1-5-3-7-8(13-9(5)10)4-11-6(2)12-7/h3-4H,1-2H3,(H2,10,13)/i3T. The van der Waals surface area contributed by atoms with Crippen LogP contribution in [0.15, 0.2) is 12.2 Å². The molecule has 4 nitrogen and oxygen atoms in total. The number of nitrogens with two attached hydrogens (primary N) is 1. The van der Waals surface area contributed by atoms with E-state index in [1.54, 1.807) is 20.0 Å². The summed E-state index contributed by atoms with van der Waals surface area (Å²) in [6, 6.07) is 0.331. The number of rotatable bonds is 0. The predicted octanol–water partition coefficient (Wildman–Crippen LogP) is 1.22. The van der Waals surface area contributed by atoms with Crippen LogP contribution in [0.1, 0.15) is 12.8 Å². The van der Waals surface area contributed by atoms with E-state index in [1.807, 2.05) is 0 Å². The van der Waals surface area contributed by atoms with Crippen molar-refractivity contribution in [2.75, 3.05) is 5.73 Å². The van der Waals surface area contributed by atoms with Gasteiger partial charge in [0.25, 0.3) is 0 Å². The van der Waals surface area contributed by atoms with Crippen LogP contribution in [-0.2, 0) is 0 Å². The monoisotopic (exact) mass is 176 g/mol. The SMILES string of the molecule is [3H]c1c(C)c(N)nc2cnc(C)nc12. The summed E-state index contributed by atoms with van der Waals surface area (Å²) in [6.45, 7) is 3.55. The highest BCUT2D eigenvalue weighted by Crippen LogP contribution is 2.14. The largest absolute Gasteiger partial charge is 0.383 e. The fourth-order valence-corrected chi connectivity index (χ4v) is 1.09. The minimum Gasteiger partial charge on any atom is -0.383 e. The van der Waals surface area contributed by atoms with Gasteiger partial charge in [-0.25, -0.2) is 15.0 Å². The van der Waals surface area contributed by atoms with Gasteiger partial charge >= 0.3 is 0 Å². The lowest BCUT2D eigenvalue weighted by atomic mass is 10.2. The molecule has 0 aliphatic carbocycles. The number of aromatic nitrogens is 3. The Labute approximate surface area is 77.2 Å². The van der Waals surface area contributed by atoms with E-state index in [0.29, 0.717) is 34.3 Å². The maximum atomic E-state index is 7.82. The average molecular weight is 176 g/mol. The van der Waals surface area contributed by atoms with Crippen LogP contribution >= 0.6 is 0 Å². The Hall–Kier alpha value is -1.71. The van der Waals surface area contributed by atoms with Gasteiger partial charge in [-0.2, -0.15) is 0 Å². The summed E-state index contributed by atoms with van der Waals surface area (Å²) in [6.07, 6.45) is 1.59. The summed E-state index contributed by atoms with van der Waals surface area (Å²) in [7, 11) is 0. The fraction of sp³-hybridized carbons (Fsp3) is 0.222. The summed E-state index contributed by atoms with van der Waals surface area (Å²) in [5, 5.41) is 0. The number of pyridine rings is 1. The molecule has 2 N–H and O–H groups in total. The number of nitrogen functional groups attached to an aromatic ring is 1. The highest BCUT2D eigenvalue weighted by Gasteiger charge is 2.01. The number of fused-ring (bicyclic) bond motifs is 1. The third-order valence-corrected chi connectivity index (χ3v) is 1.82. The molecule has 0 amide bonds.